The summed E-state index contributed by atoms with van der Waals surface area (Å²) < 4.78 is 15.1. The number of carbonyl (C=O) groups excluding carboxylic acids is 2. The van der Waals surface area contributed by atoms with Crippen molar-refractivity contribution in [3.8, 4) is 0 Å². The van der Waals surface area contributed by atoms with E-state index in [4.69, 9.17) is 19.3 Å². The first kappa shape index (κ1) is 15.2. The molecule has 2 heterocycles. The first-order valence-electron chi connectivity index (χ1n) is 6.47. The molecular formula is C14H16O7. The Labute approximate surface area is 121 Å². The lowest BCUT2D eigenvalue weighted by molar-refractivity contribution is -0.159. The van der Waals surface area contributed by atoms with E-state index in [1.807, 2.05) is 0 Å². The molecule has 1 saturated heterocycles. The van der Waals surface area contributed by atoms with Gasteiger partial charge in [0.15, 0.2) is 0 Å². The normalized spacial score (nSPS) is 29.2. The Bertz CT molecular complexity index is 507. The summed E-state index contributed by atoms with van der Waals surface area (Å²) in [6.45, 7) is 4.68. The minimum absolute atomic E-state index is 0.104. The topological polar surface area (TPSA) is 99.1 Å². The van der Waals surface area contributed by atoms with Crippen LogP contribution in [-0.4, -0.2) is 48.4 Å². The van der Waals surface area contributed by atoms with Crippen LogP contribution in [0.5, 0.6) is 0 Å². The molecule has 4 atom stereocenters. The van der Waals surface area contributed by atoms with E-state index >= 15 is 0 Å². The molecule has 1 N–H and O–H groups in total. The average Bonchev–Trinajstić information content (AvgIpc) is 3.03. The summed E-state index contributed by atoms with van der Waals surface area (Å²) in [6.07, 6.45) is 2.15. The summed E-state index contributed by atoms with van der Waals surface area (Å²) in [5.41, 5.74) is 0.249. The number of ether oxygens (including phenoxy) is 3. The first-order valence-corrected chi connectivity index (χ1v) is 6.47. The zero-order valence-electron chi connectivity index (χ0n) is 11.5. The van der Waals surface area contributed by atoms with Gasteiger partial charge in [-0.25, -0.2) is 4.79 Å². The summed E-state index contributed by atoms with van der Waals surface area (Å²) in [4.78, 5) is 34.3. The molecule has 4 unspecified atom stereocenters. The number of esters is 2. The van der Waals surface area contributed by atoms with Crippen molar-refractivity contribution in [2.45, 2.75) is 19.1 Å². The van der Waals surface area contributed by atoms with E-state index in [9.17, 15) is 14.4 Å². The minimum atomic E-state index is -1.09. The van der Waals surface area contributed by atoms with Crippen LogP contribution in [0.2, 0.25) is 0 Å². The van der Waals surface area contributed by atoms with Gasteiger partial charge in [0.05, 0.1) is 12.2 Å². The number of rotatable bonds is 6. The van der Waals surface area contributed by atoms with Crippen LogP contribution in [0.25, 0.3) is 0 Å². The maximum atomic E-state index is 12.0. The summed E-state index contributed by atoms with van der Waals surface area (Å²) in [5.74, 6) is -4.13. The number of carboxylic acids is 1. The molecule has 0 radical (unpaired) electrons. The van der Waals surface area contributed by atoms with Crippen molar-refractivity contribution in [3.05, 3.63) is 24.3 Å². The van der Waals surface area contributed by atoms with Crippen molar-refractivity contribution in [2.24, 2.45) is 11.8 Å². The van der Waals surface area contributed by atoms with Crippen molar-refractivity contribution in [2.75, 3.05) is 13.2 Å². The standard InChI is InChI=1S/C14H16O7/c1-7(2)13(17)19-5-6-20-14(18)11-9-4-3-8(21-9)10(11)12(15)16/h3-4,8-11H,1,5-6H2,2H3,(H,15,16). The van der Waals surface area contributed by atoms with Gasteiger partial charge in [0.2, 0.25) is 0 Å². The number of carbonyl (C=O) groups is 3. The Kier molecular flexibility index (Phi) is 4.42. The highest BCUT2D eigenvalue weighted by Gasteiger charge is 2.54. The quantitative estimate of drug-likeness (QED) is 0.326. The van der Waals surface area contributed by atoms with E-state index in [1.165, 1.54) is 6.92 Å². The monoisotopic (exact) mass is 296 g/mol. The molecule has 0 spiro atoms. The van der Waals surface area contributed by atoms with Gasteiger partial charge in [-0.2, -0.15) is 0 Å². The molecule has 0 aromatic rings. The minimum Gasteiger partial charge on any atom is -0.481 e. The van der Waals surface area contributed by atoms with E-state index in [-0.39, 0.29) is 18.8 Å². The molecule has 2 aliphatic heterocycles. The lowest BCUT2D eigenvalue weighted by Crippen LogP contribution is -2.37. The number of carboxylic acid groups (broad SMARTS) is 1. The molecular weight excluding hydrogens is 280 g/mol. The third-order valence-electron chi connectivity index (χ3n) is 3.37. The zero-order chi connectivity index (χ0) is 15.6. The Morgan fingerprint density at radius 2 is 1.71 bits per heavy atom. The summed E-state index contributed by atoms with van der Waals surface area (Å²) in [6, 6.07) is 0. The van der Waals surface area contributed by atoms with Crippen molar-refractivity contribution in [3.63, 3.8) is 0 Å². The maximum Gasteiger partial charge on any atom is 0.333 e. The van der Waals surface area contributed by atoms with Crippen molar-refractivity contribution < 1.29 is 33.7 Å². The highest BCUT2D eigenvalue weighted by Crippen LogP contribution is 2.39. The first-order chi connectivity index (χ1) is 9.91. The zero-order valence-corrected chi connectivity index (χ0v) is 11.5. The van der Waals surface area contributed by atoms with E-state index in [1.54, 1.807) is 12.2 Å². The SMILES string of the molecule is C=C(C)C(=O)OCCOC(=O)C1C2C=CC(O2)C1C(=O)O. The van der Waals surface area contributed by atoms with Gasteiger partial charge in [-0.3, -0.25) is 9.59 Å². The van der Waals surface area contributed by atoms with Gasteiger partial charge in [-0.05, 0) is 6.92 Å². The van der Waals surface area contributed by atoms with Gasteiger partial charge in [-0.15, -0.1) is 0 Å². The van der Waals surface area contributed by atoms with Crippen molar-refractivity contribution in [1.82, 2.24) is 0 Å². The number of fused-ring (bicyclic) bond motifs is 2. The number of hydrogen-bond donors (Lipinski definition) is 1. The predicted molar refractivity (Wildman–Crippen MR) is 69.1 cm³/mol. The number of hydrogen-bond acceptors (Lipinski definition) is 6. The summed E-state index contributed by atoms with van der Waals surface area (Å²) >= 11 is 0. The summed E-state index contributed by atoms with van der Waals surface area (Å²) in [7, 11) is 0. The molecule has 7 nitrogen and oxygen atoms in total. The van der Waals surface area contributed by atoms with Gasteiger partial charge < -0.3 is 19.3 Å². The van der Waals surface area contributed by atoms with Crippen LogP contribution in [0.15, 0.2) is 24.3 Å². The number of aliphatic carboxylic acids is 1. The second kappa shape index (κ2) is 6.09. The van der Waals surface area contributed by atoms with Crippen LogP contribution in [0.3, 0.4) is 0 Å². The Balaban J connectivity index is 1.83. The second-order valence-electron chi connectivity index (χ2n) is 4.92. The highest BCUT2D eigenvalue weighted by molar-refractivity contribution is 5.87. The lowest BCUT2D eigenvalue weighted by Gasteiger charge is -2.20. The predicted octanol–water partition coefficient (Wildman–Crippen LogP) is 0.303. The van der Waals surface area contributed by atoms with Gasteiger partial charge in [0.25, 0.3) is 0 Å². The van der Waals surface area contributed by atoms with Crippen molar-refractivity contribution in [1.29, 1.82) is 0 Å². The molecule has 0 aliphatic carbocycles. The second-order valence-corrected chi connectivity index (χ2v) is 4.92. The van der Waals surface area contributed by atoms with Crippen molar-refractivity contribution >= 4 is 17.9 Å². The average molecular weight is 296 g/mol. The molecule has 2 bridgehead atoms. The van der Waals surface area contributed by atoms with E-state index < -0.39 is 42.0 Å². The van der Waals surface area contributed by atoms with E-state index in [2.05, 4.69) is 6.58 Å². The van der Waals surface area contributed by atoms with E-state index in [0.717, 1.165) is 0 Å². The molecule has 7 heteroatoms. The Hall–Kier alpha value is -2.15. The Morgan fingerprint density at radius 1 is 1.14 bits per heavy atom. The van der Waals surface area contributed by atoms with Crippen LogP contribution < -0.4 is 0 Å². The molecule has 0 saturated carbocycles. The fourth-order valence-electron chi connectivity index (χ4n) is 2.38. The molecule has 2 aliphatic rings. The molecule has 0 aromatic heterocycles. The fraction of sp³-hybridized carbons (Fsp3) is 0.500. The third-order valence-corrected chi connectivity index (χ3v) is 3.37. The Morgan fingerprint density at radius 3 is 2.29 bits per heavy atom. The molecule has 21 heavy (non-hydrogen) atoms. The molecule has 114 valence electrons. The smallest absolute Gasteiger partial charge is 0.333 e. The van der Waals surface area contributed by atoms with Gasteiger partial charge in [0, 0.05) is 5.57 Å². The highest BCUT2D eigenvalue weighted by atomic mass is 16.6. The van der Waals surface area contributed by atoms with Gasteiger partial charge >= 0.3 is 17.9 Å². The van der Waals surface area contributed by atoms with Gasteiger partial charge in [-0.1, -0.05) is 18.7 Å². The fourth-order valence-corrected chi connectivity index (χ4v) is 2.38. The van der Waals surface area contributed by atoms with Crippen LogP contribution >= 0.6 is 0 Å². The third kappa shape index (κ3) is 3.13. The lowest BCUT2D eigenvalue weighted by atomic mass is 9.83. The van der Waals surface area contributed by atoms with Crippen LogP contribution in [0.4, 0.5) is 0 Å². The van der Waals surface area contributed by atoms with E-state index in [0.29, 0.717) is 0 Å². The maximum absolute atomic E-state index is 12.0. The largest absolute Gasteiger partial charge is 0.481 e. The molecule has 1 fully saturated rings. The van der Waals surface area contributed by atoms with Crippen LogP contribution in [0.1, 0.15) is 6.92 Å². The van der Waals surface area contributed by atoms with Gasteiger partial charge in [0.1, 0.15) is 25.0 Å². The summed E-state index contributed by atoms with van der Waals surface area (Å²) in [5, 5.41) is 9.16. The molecule has 0 aromatic carbocycles. The molecule has 0 amide bonds. The molecule has 2 rings (SSSR count). The van der Waals surface area contributed by atoms with Crippen LogP contribution in [0, 0.1) is 11.8 Å². The van der Waals surface area contributed by atoms with Crippen LogP contribution in [-0.2, 0) is 28.6 Å².